The standard InChI is InChI=1S/C26H46O4/c1-7-9-17-25(3,4)18-12-13-20-15-16-22(27)21(20)14-10-11-19-26(5,6)23(28)24(29)30-8-2/h11,19-21,23,28H,7-10,12-18H2,1-6H3/t20-,21+,23?/m0/s1. The molecule has 4 nitrogen and oxygen atoms in total. The van der Waals surface area contributed by atoms with Crippen molar-refractivity contribution in [2.45, 2.75) is 112 Å². The largest absolute Gasteiger partial charge is 0.464 e. The van der Waals surface area contributed by atoms with Gasteiger partial charge in [-0.25, -0.2) is 4.79 Å². The lowest BCUT2D eigenvalue weighted by Gasteiger charge is -2.26. The van der Waals surface area contributed by atoms with Crippen LogP contribution in [0.3, 0.4) is 0 Å². The van der Waals surface area contributed by atoms with Gasteiger partial charge in [-0.1, -0.05) is 66.0 Å². The number of hydrogen-bond acceptors (Lipinski definition) is 4. The zero-order valence-corrected chi connectivity index (χ0v) is 20.3. The van der Waals surface area contributed by atoms with Gasteiger partial charge in [-0.05, 0) is 56.8 Å². The lowest BCUT2D eigenvalue weighted by Crippen LogP contribution is -2.36. The van der Waals surface area contributed by atoms with E-state index in [1.807, 2.05) is 26.0 Å². The van der Waals surface area contributed by atoms with Gasteiger partial charge >= 0.3 is 5.97 Å². The lowest BCUT2D eigenvalue weighted by atomic mass is 9.79. The fourth-order valence-electron chi connectivity index (χ4n) is 4.62. The maximum atomic E-state index is 12.4. The number of allylic oxidation sites excluding steroid dienone is 1. The van der Waals surface area contributed by atoms with Crippen molar-refractivity contribution in [2.24, 2.45) is 22.7 Å². The average molecular weight is 423 g/mol. The molecule has 4 heteroatoms. The number of ketones is 1. The fraction of sp³-hybridized carbons (Fsp3) is 0.846. The molecule has 1 aliphatic rings. The molecule has 0 amide bonds. The Balaban J connectivity index is 2.49. The van der Waals surface area contributed by atoms with Crippen LogP contribution in [-0.4, -0.2) is 29.6 Å². The molecule has 0 aromatic carbocycles. The van der Waals surface area contributed by atoms with Gasteiger partial charge in [0.05, 0.1) is 6.61 Å². The molecule has 0 heterocycles. The Bertz CT molecular complexity index is 561. The van der Waals surface area contributed by atoms with Crippen LogP contribution >= 0.6 is 0 Å². The molecule has 0 radical (unpaired) electrons. The van der Waals surface area contributed by atoms with E-state index in [0.717, 1.165) is 32.1 Å². The van der Waals surface area contributed by atoms with E-state index in [4.69, 9.17) is 4.74 Å². The third kappa shape index (κ3) is 8.91. The molecule has 1 aliphatic carbocycles. The molecule has 0 aliphatic heterocycles. The Morgan fingerprint density at radius 1 is 1.17 bits per heavy atom. The van der Waals surface area contributed by atoms with Gasteiger partial charge in [0.2, 0.25) is 0 Å². The van der Waals surface area contributed by atoms with Crippen molar-refractivity contribution in [2.75, 3.05) is 6.61 Å². The van der Waals surface area contributed by atoms with Crippen LogP contribution in [0.2, 0.25) is 0 Å². The monoisotopic (exact) mass is 422 g/mol. The summed E-state index contributed by atoms with van der Waals surface area (Å²) in [7, 11) is 0. The summed E-state index contributed by atoms with van der Waals surface area (Å²) in [4.78, 5) is 24.2. The van der Waals surface area contributed by atoms with Gasteiger partial charge in [-0.2, -0.15) is 0 Å². The van der Waals surface area contributed by atoms with Crippen molar-refractivity contribution < 1.29 is 19.4 Å². The molecule has 174 valence electrons. The highest BCUT2D eigenvalue weighted by Gasteiger charge is 2.34. The Kier molecular flexibility index (Phi) is 11.3. The molecule has 1 fully saturated rings. The Morgan fingerprint density at radius 3 is 2.47 bits per heavy atom. The van der Waals surface area contributed by atoms with Crippen molar-refractivity contribution in [3.05, 3.63) is 12.2 Å². The van der Waals surface area contributed by atoms with Gasteiger partial charge in [0.25, 0.3) is 0 Å². The molecule has 0 aromatic rings. The molecule has 3 atom stereocenters. The minimum absolute atomic E-state index is 0.173. The predicted octanol–water partition coefficient (Wildman–Crippen LogP) is 6.26. The number of unbranched alkanes of at least 4 members (excludes halogenated alkanes) is 1. The van der Waals surface area contributed by atoms with Crippen molar-refractivity contribution in [1.82, 2.24) is 0 Å². The molecular weight excluding hydrogens is 376 g/mol. The third-order valence-electron chi connectivity index (χ3n) is 6.79. The molecule has 0 saturated heterocycles. The Labute approximate surface area is 184 Å². The van der Waals surface area contributed by atoms with Gasteiger partial charge in [0.1, 0.15) is 5.78 Å². The fourth-order valence-corrected chi connectivity index (χ4v) is 4.62. The first kappa shape index (κ1) is 26.9. The second kappa shape index (κ2) is 12.6. The van der Waals surface area contributed by atoms with Crippen LogP contribution in [0.4, 0.5) is 0 Å². The van der Waals surface area contributed by atoms with Crippen LogP contribution < -0.4 is 0 Å². The zero-order valence-electron chi connectivity index (χ0n) is 20.3. The summed E-state index contributed by atoms with van der Waals surface area (Å²) in [6.45, 7) is 12.6. The van der Waals surface area contributed by atoms with Crippen molar-refractivity contribution in [1.29, 1.82) is 0 Å². The topological polar surface area (TPSA) is 63.6 Å². The first-order valence-electron chi connectivity index (χ1n) is 12.1. The number of ether oxygens (including phenoxy) is 1. The highest BCUT2D eigenvalue weighted by atomic mass is 16.5. The quantitative estimate of drug-likeness (QED) is 0.265. The summed E-state index contributed by atoms with van der Waals surface area (Å²) in [6, 6.07) is 0. The second-order valence-electron chi connectivity index (χ2n) is 10.5. The number of hydrogen-bond donors (Lipinski definition) is 1. The second-order valence-corrected chi connectivity index (χ2v) is 10.5. The van der Waals surface area contributed by atoms with E-state index >= 15 is 0 Å². The van der Waals surface area contributed by atoms with Crippen molar-refractivity contribution >= 4 is 11.8 Å². The Hall–Kier alpha value is -1.16. The van der Waals surface area contributed by atoms with Crippen molar-refractivity contribution in [3.63, 3.8) is 0 Å². The van der Waals surface area contributed by atoms with Crippen LogP contribution in [0.15, 0.2) is 12.2 Å². The number of aliphatic hydroxyl groups excluding tert-OH is 1. The minimum atomic E-state index is -1.18. The number of aliphatic hydroxyl groups is 1. The van der Waals surface area contributed by atoms with Crippen LogP contribution in [-0.2, 0) is 14.3 Å². The maximum absolute atomic E-state index is 12.4. The predicted molar refractivity (Wildman–Crippen MR) is 123 cm³/mol. The van der Waals surface area contributed by atoms with Crippen molar-refractivity contribution in [3.8, 4) is 0 Å². The average Bonchev–Trinajstić information content (AvgIpc) is 3.02. The first-order valence-corrected chi connectivity index (χ1v) is 12.1. The summed E-state index contributed by atoms with van der Waals surface area (Å²) >= 11 is 0. The van der Waals surface area contributed by atoms with Crippen LogP contribution in [0.25, 0.3) is 0 Å². The summed E-state index contributed by atoms with van der Waals surface area (Å²) in [5, 5.41) is 10.2. The molecule has 0 bridgehead atoms. The molecular formula is C26H46O4. The molecule has 1 N–H and O–H groups in total. The van der Waals surface area contributed by atoms with E-state index in [1.165, 1.54) is 32.1 Å². The van der Waals surface area contributed by atoms with E-state index in [0.29, 0.717) is 17.1 Å². The lowest BCUT2D eigenvalue weighted by molar-refractivity contribution is -0.157. The Morgan fingerprint density at radius 2 is 1.83 bits per heavy atom. The smallest absolute Gasteiger partial charge is 0.335 e. The third-order valence-corrected chi connectivity index (χ3v) is 6.79. The normalized spacial score (nSPS) is 21.4. The number of carbonyl (C=O) groups is 2. The minimum Gasteiger partial charge on any atom is -0.464 e. The summed E-state index contributed by atoms with van der Waals surface area (Å²) in [6.07, 6.45) is 13.6. The summed E-state index contributed by atoms with van der Waals surface area (Å²) in [5.74, 6) is 0.530. The SMILES string of the molecule is CCCCC(C)(C)CCC[C@H]1CCC(=O)[C@@H]1CCC=CC(C)(C)C(O)C(=O)OCC. The highest BCUT2D eigenvalue weighted by molar-refractivity contribution is 5.83. The molecule has 1 saturated carbocycles. The van der Waals surface area contributed by atoms with Crippen LogP contribution in [0, 0.1) is 22.7 Å². The number of esters is 1. The van der Waals surface area contributed by atoms with E-state index in [-0.39, 0.29) is 12.5 Å². The molecule has 0 aromatic heterocycles. The van der Waals surface area contributed by atoms with Gasteiger partial charge in [-0.3, -0.25) is 4.79 Å². The summed E-state index contributed by atoms with van der Waals surface area (Å²) in [5.41, 5.74) is -0.280. The van der Waals surface area contributed by atoms with Gasteiger partial charge in [0, 0.05) is 17.8 Å². The highest BCUT2D eigenvalue weighted by Crippen LogP contribution is 2.38. The molecule has 1 rings (SSSR count). The van der Waals surface area contributed by atoms with E-state index in [2.05, 4.69) is 20.8 Å². The van der Waals surface area contributed by atoms with Gasteiger partial charge in [0.15, 0.2) is 6.10 Å². The van der Waals surface area contributed by atoms with Gasteiger partial charge < -0.3 is 9.84 Å². The number of Topliss-reactive ketones (excluding diaryl/α,β-unsaturated/α-hetero) is 1. The first-order chi connectivity index (χ1) is 14.0. The summed E-state index contributed by atoms with van der Waals surface area (Å²) < 4.78 is 4.92. The van der Waals surface area contributed by atoms with Gasteiger partial charge in [-0.15, -0.1) is 0 Å². The van der Waals surface area contributed by atoms with E-state index in [1.54, 1.807) is 6.92 Å². The number of carbonyl (C=O) groups excluding carboxylic acids is 2. The number of rotatable bonds is 14. The van der Waals surface area contributed by atoms with Crippen LogP contribution in [0.1, 0.15) is 106 Å². The van der Waals surface area contributed by atoms with Crippen LogP contribution in [0.5, 0.6) is 0 Å². The molecule has 30 heavy (non-hydrogen) atoms. The zero-order chi connectivity index (χ0) is 22.8. The maximum Gasteiger partial charge on any atom is 0.335 e. The molecule has 1 unspecified atom stereocenters. The van der Waals surface area contributed by atoms with E-state index < -0.39 is 17.5 Å². The molecule has 0 spiro atoms. The van der Waals surface area contributed by atoms with E-state index in [9.17, 15) is 14.7 Å².